The number of nitrogens with two attached hydrogens (primary N) is 1. The van der Waals surface area contributed by atoms with Gasteiger partial charge in [0.25, 0.3) is 0 Å². The van der Waals surface area contributed by atoms with Crippen LogP contribution >= 0.6 is 0 Å². The number of ether oxygens (including phenoxy) is 1. The second-order valence-corrected chi connectivity index (χ2v) is 6.56. The Morgan fingerprint density at radius 2 is 2.19 bits per heavy atom. The van der Waals surface area contributed by atoms with E-state index in [-0.39, 0.29) is 12.8 Å². The standard InChI is InChI=1S/C16H23N7O3/c17-15-14-16(20-9-22(15)4-1-3-21-5-2-18-8-21)23(10-19-14)13-6-11(25)12(7-24)26-13/h2,5,8-13,15,24-25H,1,3-4,6-7,17H2/t11?,12-,13-,15?/m1/s1. The number of aliphatic hydroxyl groups excluding tert-OH is 2. The van der Waals surface area contributed by atoms with Crippen molar-refractivity contribution in [3.05, 3.63) is 30.7 Å². The summed E-state index contributed by atoms with van der Waals surface area (Å²) in [5.74, 6) is 0.638. The van der Waals surface area contributed by atoms with Crippen LogP contribution in [0, 0.1) is 0 Å². The van der Waals surface area contributed by atoms with Gasteiger partial charge in [0.05, 0.1) is 31.7 Å². The maximum absolute atomic E-state index is 9.94. The van der Waals surface area contributed by atoms with Gasteiger partial charge in [-0.1, -0.05) is 0 Å². The summed E-state index contributed by atoms with van der Waals surface area (Å²) < 4.78 is 9.48. The first-order chi connectivity index (χ1) is 12.7. The van der Waals surface area contributed by atoms with Crippen LogP contribution in [0.2, 0.25) is 0 Å². The molecular weight excluding hydrogens is 338 g/mol. The summed E-state index contributed by atoms with van der Waals surface area (Å²) in [6.07, 6.45) is 8.05. The number of aliphatic hydroxyl groups is 2. The highest BCUT2D eigenvalue weighted by atomic mass is 16.5. The Balaban J connectivity index is 1.42. The molecule has 1 fully saturated rings. The summed E-state index contributed by atoms with van der Waals surface area (Å²) in [6, 6.07) is 0. The molecular formula is C16H23N7O3. The van der Waals surface area contributed by atoms with Crippen LogP contribution < -0.4 is 5.73 Å². The van der Waals surface area contributed by atoms with Gasteiger partial charge < -0.3 is 30.2 Å². The lowest BCUT2D eigenvalue weighted by atomic mass is 10.2. The molecule has 0 aromatic carbocycles. The van der Waals surface area contributed by atoms with Crippen molar-refractivity contribution < 1.29 is 14.9 Å². The van der Waals surface area contributed by atoms with Crippen molar-refractivity contribution in [2.75, 3.05) is 13.2 Å². The molecule has 0 aliphatic carbocycles. The second-order valence-electron chi connectivity index (χ2n) is 6.56. The molecule has 140 valence electrons. The summed E-state index contributed by atoms with van der Waals surface area (Å²) in [5.41, 5.74) is 7.03. The lowest BCUT2D eigenvalue weighted by Gasteiger charge is -2.29. The molecule has 2 unspecified atom stereocenters. The highest BCUT2D eigenvalue weighted by Gasteiger charge is 2.37. The molecule has 4 heterocycles. The lowest BCUT2D eigenvalue weighted by molar-refractivity contribution is -0.0438. The average molecular weight is 361 g/mol. The van der Waals surface area contributed by atoms with Crippen LogP contribution in [0.3, 0.4) is 0 Å². The molecule has 2 aromatic heterocycles. The minimum absolute atomic E-state index is 0.220. The van der Waals surface area contributed by atoms with E-state index >= 15 is 0 Å². The third kappa shape index (κ3) is 3.12. The van der Waals surface area contributed by atoms with E-state index in [0.717, 1.165) is 19.5 Å². The lowest BCUT2D eigenvalue weighted by Crippen LogP contribution is -2.37. The molecule has 4 N–H and O–H groups in total. The van der Waals surface area contributed by atoms with Gasteiger partial charge in [-0.2, -0.15) is 0 Å². The van der Waals surface area contributed by atoms with E-state index in [1.54, 1.807) is 29.8 Å². The number of aromatic nitrogens is 4. The molecule has 0 bridgehead atoms. The third-order valence-electron chi connectivity index (χ3n) is 4.85. The SMILES string of the molecule is NC1c2ncn([C@H]3CC(O)[C@@H](CO)O3)c2N=CN1CCCn1ccnc1. The highest BCUT2D eigenvalue weighted by molar-refractivity contribution is 5.65. The number of hydrogen-bond donors (Lipinski definition) is 3. The Kier molecular flexibility index (Phi) is 4.72. The van der Waals surface area contributed by atoms with Crippen molar-refractivity contribution in [3.8, 4) is 0 Å². The molecule has 26 heavy (non-hydrogen) atoms. The number of hydrogen-bond acceptors (Lipinski definition) is 8. The average Bonchev–Trinajstić information content (AvgIpc) is 3.36. The predicted molar refractivity (Wildman–Crippen MR) is 92.5 cm³/mol. The first-order valence-corrected chi connectivity index (χ1v) is 8.69. The van der Waals surface area contributed by atoms with E-state index in [1.165, 1.54) is 0 Å². The van der Waals surface area contributed by atoms with E-state index < -0.39 is 18.4 Å². The summed E-state index contributed by atoms with van der Waals surface area (Å²) in [6.45, 7) is 1.39. The Morgan fingerprint density at radius 1 is 1.31 bits per heavy atom. The van der Waals surface area contributed by atoms with Gasteiger partial charge >= 0.3 is 0 Å². The van der Waals surface area contributed by atoms with Crippen molar-refractivity contribution in [2.45, 2.75) is 44.0 Å². The van der Waals surface area contributed by atoms with E-state index in [4.69, 9.17) is 10.5 Å². The topological polar surface area (TPSA) is 127 Å². The highest BCUT2D eigenvalue weighted by Crippen LogP contribution is 2.36. The number of aliphatic imine (C=N–C) groups is 1. The Hall–Kier alpha value is -2.27. The van der Waals surface area contributed by atoms with Crippen LogP contribution in [0.15, 0.2) is 30.0 Å². The van der Waals surface area contributed by atoms with E-state index in [9.17, 15) is 10.2 Å². The zero-order valence-electron chi connectivity index (χ0n) is 14.3. The van der Waals surface area contributed by atoms with Gasteiger partial charge in [0.15, 0.2) is 5.82 Å². The minimum atomic E-state index is -0.705. The fourth-order valence-electron chi connectivity index (χ4n) is 3.38. The Bertz CT molecular complexity index is 760. The molecule has 2 aromatic rings. The first kappa shape index (κ1) is 17.2. The summed E-state index contributed by atoms with van der Waals surface area (Å²) in [5, 5.41) is 19.2. The van der Waals surface area contributed by atoms with Crippen LogP contribution in [0.5, 0.6) is 0 Å². The van der Waals surface area contributed by atoms with Crippen LogP contribution in [0.25, 0.3) is 0 Å². The zero-order valence-corrected chi connectivity index (χ0v) is 14.3. The fraction of sp³-hybridized carbons (Fsp3) is 0.562. The van der Waals surface area contributed by atoms with E-state index in [2.05, 4.69) is 15.0 Å². The van der Waals surface area contributed by atoms with E-state index in [0.29, 0.717) is 17.9 Å². The molecule has 0 spiro atoms. The molecule has 0 saturated carbocycles. The molecule has 0 radical (unpaired) electrons. The minimum Gasteiger partial charge on any atom is -0.394 e. The summed E-state index contributed by atoms with van der Waals surface area (Å²) >= 11 is 0. The van der Waals surface area contributed by atoms with Gasteiger partial charge in [0, 0.05) is 31.9 Å². The Morgan fingerprint density at radius 3 is 2.92 bits per heavy atom. The number of imidazole rings is 2. The Labute approximate surface area is 150 Å². The van der Waals surface area contributed by atoms with Crippen molar-refractivity contribution >= 4 is 12.2 Å². The maximum atomic E-state index is 9.94. The van der Waals surface area contributed by atoms with Gasteiger partial charge in [-0.05, 0) is 6.42 Å². The van der Waals surface area contributed by atoms with Crippen LogP contribution in [0.4, 0.5) is 5.82 Å². The monoisotopic (exact) mass is 361 g/mol. The first-order valence-electron chi connectivity index (χ1n) is 8.69. The van der Waals surface area contributed by atoms with Crippen molar-refractivity contribution in [1.82, 2.24) is 24.0 Å². The smallest absolute Gasteiger partial charge is 0.162 e. The van der Waals surface area contributed by atoms with Gasteiger partial charge in [0.2, 0.25) is 0 Å². The summed E-state index contributed by atoms with van der Waals surface area (Å²) in [4.78, 5) is 14.9. The molecule has 4 rings (SSSR count). The maximum Gasteiger partial charge on any atom is 0.162 e. The van der Waals surface area contributed by atoms with Gasteiger partial charge in [-0.15, -0.1) is 0 Å². The van der Waals surface area contributed by atoms with Crippen LogP contribution in [-0.2, 0) is 11.3 Å². The fourth-order valence-corrected chi connectivity index (χ4v) is 3.38. The molecule has 1 saturated heterocycles. The molecule has 0 amide bonds. The number of rotatable bonds is 6. The molecule has 4 atom stereocenters. The van der Waals surface area contributed by atoms with Crippen molar-refractivity contribution in [1.29, 1.82) is 0 Å². The predicted octanol–water partition coefficient (Wildman–Crippen LogP) is -0.257. The van der Waals surface area contributed by atoms with Gasteiger partial charge in [-0.3, -0.25) is 4.57 Å². The normalized spacial score (nSPS) is 27.9. The summed E-state index contributed by atoms with van der Waals surface area (Å²) in [7, 11) is 0. The van der Waals surface area contributed by atoms with Gasteiger partial charge in [0.1, 0.15) is 24.2 Å². The molecule has 2 aliphatic heterocycles. The van der Waals surface area contributed by atoms with E-state index in [1.807, 2.05) is 15.7 Å². The third-order valence-corrected chi connectivity index (χ3v) is 4.85. The van der Waals surface area contributed by atoms with Crippen molar-refractivity contribution in [2.24, 2.45) is 10.7 Å². The number of nitrogens with zero attached hydrogens (tertiary/aromatic N) is 6. The van der Waals surface area contributed by atoms with Crippen molar-refractivity contribution in [3.63, 3.8) is 0 Å². The molecule has 10 heteroatoms. The quantitative estimate of drug-likeness (QED) is 0.647. The zero-order chi connectivity index (χ0) is 18.1. The largest absolute Gasteiger partial charge is 0.394 e. The number of fused-ring (bicyclic) bond motifs is 1. The molecule has 10 nitrogen and oxygen atoms in total. The van der Waals surface area contributed by atoms with Gasteiger partial charge in [-0.25, -0.2) is 15.0 Å². The van der Waals surface area contributed by atoms with Crippen LogP contribution in [0.1, 0.15) is 30.9 Å². The van der Waals surface area contributed by atoms with Crippen LogP contribution in [-0.4, -0.2) is 65.9 Å². The number of aryl methyl sites for hydroxylation is 1. The molecule has 2 aliphatic rings. The second kappa shape index (κ2) is 7.16.